The van der Waals surface area contributed by atoms with Gasteiger partial charge in [-0.25, -0.2) is 0 Å². The zero-order valence-electron chi connectivity index (χ0n) is 11.8. The van der Waals surface area contributed by atoms with Crippen molar-refractivity contribution < 1.29 is 19.1 Å². The van der Waals surface area contributed by atoms with E-state index in [1.165, 1.54) is 0 Å². The molecule has 0 saturated heterocycles. The molecule has 0 aliphatic rings. The van der Waals surface area contributed by atoms with E-state index in [1.807, 2.05) is 0 Å². The minimum absolute atomic E-state index is 0.216. The Morgan fingerprint density at radius 3 is 2.18 bits per heavy atom. The molecule has 1 atom stereocenters. The first-order chi connectivity index (χ1) is 7.66. The van der Waals surface area contributed by atoms with Gasteiger partial charge in [0.2, 0.25) is 0 Å². The molecular formula is C11H28O4Si2. The van der Waals surface area contributed by atoms with E-state index in [0.29, 0.717) is 6.61 Å². The van der Waals surface area contributed by atoms with Gasteiger partial charge in [-0.3, -0.25) is 0 Å². The Bertz CT molecular complexity index is 204. The molecule has 0 rings (SSSR count). The zero-order chi connectivity index (χ0) is 13.5. The first-order valence-corrected chi connectivity index (χ1v) is 12.8. The molecule has 0 saturated carbocycles. The third-order valence-electron chi connectivity index (χ3n) is 2.17. The third-order valence-corrected chi connectivity index (χ3v) is 8.39. The van der Waals surface area contributed by atoms with Gasteiger partial charge < -0.3 is 19.1 Å². The summed E-state index contributed by atoms with van der Waals surface area (Å²) in [6.07, 6.45) is 0.209. The fourth-order valence-electron chi connectivity index (χ4n) is 1.75. The summed E-state index contributed by atoms with van der Waals surface area (Å²) in [6.45, 7) is 11.7. The summed E-state index contributed by atoms with van der Waals surface area (Å²) >= 11 is 0. The van der Waals surface area contributed by atoms with Crippen molar-refractivity contribution in [2.75, 3.05) is 19.8 Å². The standard InChI is InChI=1S/C11H28O4Si2/c1-16(2,3)15-17(4,5)8-6-7-14-10-11(13)9-12/h11-13H,6-10H2,1-5H3. The quantitative estimate of drug-likeness (QED) is 0.499. The maximum absolute atomic E-state index is 9.08. The third kappa shape index (κ3) is 11.1. The lowest BCUT2D eigenvalue weighted by Gasteiger charge is -2.31. The second-order valence-electron chi connectivity index (χ2n) is 5.99. The molecular weight excluding hydrogens is 252 g/mol. The van der Waals surface area contributed by atoms with Gasteiger partial charge in [-0.15, -0.1) is 0 Å². The van der Waals surface area contributed by atoms with E-state index in [2.05, 4.69) is 32.7 Å². The summed E-state index contributed by atoms with van der Waals surface area (Å²) in [7, 11) is -2.99. The second-order valence-corrected chi connectivity index (χ2v) is 15.0. The lowest BCUT2D eigenvalue weighted by molar-refractivity contribution is 0.00639. The number of hydrogen-bond donors (Lipinski definition) is 2. The number of hydrogen-bond acceptors (Lipinski definition) is 4. The molecule has 0 fully saturated rings. The Balaban J connectivity index is 3.66. The normalized spacial score (nSPS) is 15.0. The van der Waals surface area contributed by atoms with Gasteiger partial charge in [-0.1, -0.05) is 0 Å². The van der Waals surface area contributed by atoms with E-state index in [9.17, 15) is 0 Å². The molecule has 0 aliphatic heterocycles. The smallest absolute Gasteiger partial charge is 0.173 e. The average molecular weight is 281 g/mol. The van der Waals surface area contributed by atoms with Crippen LogP contribution in [0.25, 0.3) is 0 Å². The van der Waals surface area contributed by atoms with Gasteiger partial charge in [0.05, 0.1) is 13.2 Å². The number of ether oxygens (including phenoxy) is 1. The Labute approximate surface area is 107 Å². The van der Waals surface area contributed by atoms with Crippen LogP contribution in [0.4, 0.5) is 0 Å². The molecule has 0 aliphatic carbocycles. The van der Waals surface area contributed by atoms with E-state index in [4.69, 9.17) is 19.1 Å². The van der Waals surface area contributed by atoms with Crippen LogP contribution in [0, 0.1) is 0 Å². The predicted octanol–water partition coefficient (Wildman–Crippen LogP) is 1.80. The number of aliphatic hydroxyl groups excluding tert-OH is 2. The molecule has 1 unspecified atom stereocenters. The molecule has 0 heterocycles. The lowest BCUT2D eigenvalue weighted by Crippen LogP contribution is -2.42. The first kappa shape index (κ1) is 17.3. The highest BCUT2D eigenvalue weighted by Gasteiger charge is 2.28. The number of aliphatic hydroxyl groups is 2. The van der Waals surface area contributed by atoms with Crippen molar-refractivity contribution in [3.8, 4) is 0 Å². The van der Waals surface area contributed by atoms with Crippen LogP contribution in [0.1, 0.15) is 6.42 Å². The van der Waals surface area contributed by atoms with Crippen molar-refractivity contribution >= 4 is 16.6 Å². The van der Waals surface area contributed by atoms with Crippen LogP contribution < -0.4 is 0 Å². The van der Waals surface area contributed by atoms with Gasteiger partial charge >= 0.3 is 0 Å². The van der Waals surface area contributed by atoms with Crippen molar-refractivity contribution in [2.45, 2.75) is 51.3 Å². The summed E-state index contributed by atoms with van der Waals surface area (Å²) in [6, 6.07) is 1.08. The highest BCUT2D eigenvalue weighted by Crippen LogP contribution is 2.19. The van der Waals surface area contributed by atoms with E-state index >= 15 is 0 Å². The molecule has 0 spiro atoms. The van der Waals surface area contributed by atoms with Crippen LogP contribution in [-0.2, 0) is 8.85 Å². The fourth-order valence-corrected chi connectivity index (χ4v) is 9.79. The number of rotatable bonds is 9. The molecule has 0 bridgehead atoms. The molecule has 0 aromatic rings. The first-order valence-electron chi connectivity index (χ1n) is 6.23. The maximum Gasteiger partial charge on any atom is 0.173 e. The van der Waals surface area contributed by atoms with Crippen molar-refractivity contribution in [3.63, 3.8) is 0 Å². The second kappa shape index (κ2) is 7.65. The lowest BCUT2D eigenvalue weighted by atomic mass is 10.4. The van der Waals surface area contributed by atoms with E-state index in [1.54, 1.807) is 0 Å². The molecule has 17 heavy (non-hydrogen) atoms. The topological polar surface area (TPSA) is 58.9 Å². The molecule has 0 amide bonds. The maximum atomic E-state index is 9.08. The Morgan fingerprint density at radius 2 is 1.71 bits per heavy atom. The highest BCUT2D eigenvalue weighted by atomic mass is 28.4. The molecule has 0 radical (unpaired) electrons. The van der Waals surface area contributed by atoms with Crippen LogP contribution in [0.15, 0.2) is 0 Å². The van der Waals surface area contributed by atoms with Gasteiger partial charge in [0.25, 0.3) is 0 Å². The minimum Gasteiger partial charge on any atom is -0.456 e. The molecule has 104 valence electrons. The summed E-state index contributed by atoms with van der Waals surface area (Å²) in [5.41, 5.74) is 0. The SMILES string of the molecule is C[Si](C)(C)O[Si](C)(C)CCCOCC(O)CO. The van der Waals surface area contributed by atoms with Gasteiger partial charge in [0.15, 0.2) is 16.6 Å². The van der Waals surface area contributed by atoms with Crippen LogP contribution in [0.2, 0.25) is 38.8 Å². The summed E-state index contributed by atoms with van der Waals surface area (Å²) in [5, 5.41) is 17.7. The van der Waals surface area contributed by atoms with Crippen LogP contribution in [0.5, 0.6) is 0 Å². The zero-order valence-corrected chi connectivity index (χ0v) is 13.8. The van der Waals surface area contributed by atoms with Gasteiger partial charge in [0, 0.05) is 6.61 Å². The van der Waals surface area contributed by atoms with Crippen LogP contribution >= 0.6 is 0 Å². The minimum atomic E-state index is -1.55. The van der Waals surface area contributed by atoms with E-state index in [0.717, 1.165) is 12.5 Å². The molecule has 0 aromatic carbocycles. The Morgan fingerprint density at radius 1 is 1.12 bits per heavy atom. The monoisotopic (exact) mass is 280 g/mol. The van der Waals surface area contributed by atoms with Gasteiger partial charge in [-0.2, -0.15) is 0 Å². The Hall–Kier alpha value is 0.274. The summed E-state index contributed by atoms with van der Waals surface area (Å²) in [4.78, 5) is 0. The van der Waals surface area contributed by atoms with Gasteiger partial charge in [0.1, 0.15) is 6.10 Å². The van der Waals surface area contributed by atoms with Gasteiger partial charge in [-0.05, 0) is 45.2 Å². The van der Waals surface area contributed by atoms with Crippen molar-refractivity contribution in [1.82, 2.24) is 0 Å². The Kier molecular flexibility index (Phi) is 7.78. The highest BCUT2D eigenvalue weighted by molar-refractivity contribution is 6.84. The van der Waals surface area contributed by atoms with Crippen molar-refractivity contribution in [1.29, 1.82) is 0 Å². The summed E-state index contributed by atoms with van der Waals surface area (Å²) in [5.74, 6) is 0. The molecule has 2 N–H and O–H groups in total. The van der Waals surface area contributed by atoms with E-state index < -0.39 is 22.7 Å². The predicted molar refractivity (Wildman–Crippen MR) is 75.2 cm³/mol. The summed E-state index contributed by atoms with van der Waals surface area (Å²) < 4.78 is 11.5. The van der Waals surface area contributed by atoms with Crippen LogP contribution in [-0.4, -0.2) is 52.8 Å². The largest absolute Gasteiger partial charge is 0.456 e. The fraction of sp³-hybridized carbons (Fsp3) is 1.00. The van der Waals surface area contributed by atoms with E-state index in [-0.39, 0.29) is 13.2 Å². The van der Waals surface area contributed by atoms with Crippen molar-refractivity contribution in [2.24, 2.45) is 0 Å². The molecule has 0 aromatic heterocycles. The molecule has 4 nitrogen and oxygen atoms in total. The average Bonchev–Trinajstić information content (AvgIpc) is 2.12. The van der Waals surface area contributed by atoms with Crippen molar-refractivity contribution in [3.05, 3.63) is 0 Å². The molecule has 6 heteroatoms. The van der Waals surface area contributed by atoms with Crippen LogP contribution in [0.3, 0.4) is 0 Å².